The molecule has 1 aromatic heterocycles. The number of aryl methyl sites for hydroxylation is 1. The molecule has 0 aliphatic heterocycles. The highest BCUT2D eigenvalue weighted by Gasteiger charge is 2.07. The SMILES string of the molecule is CCOc1ccc(-c2ccc(=O)n(CCC(=O)NCc3cccc(Cl)c3)n2)cc1. The summed E-state index contributed by atoms with van der Waals surface area (Å²) in [7, 11) is 0. The summed E-state index contributed by atoms with van der Waals surface area (Å²) in [6, 6.07) is 17.9. The normalized spacial score (nSPS) is 10.6. The van der Waals surface area contributed by atoms with Crippen molar-refractivity contribution in [2.75, 3.05) is 6.61 Å². The lowest BCUT2D eigenvalue weighted by Crippen LogP contribution is -2.28. The summed E-state index contributed by atoms with van der Waals surface area (Å²) in [5, 5.41) is 7.84. The molecule has 0 radical (unpaired) electrons. The minimum atomic E-state index is -0.248. The molecule has 2 aromatic carbocycles. The first-order valence-corrected chi connectivity index (χ1v) is 9.75. The van der Waals surface area contributed by atoms with Crippen LogP contribution in [0.15, 0.2) is 65.5 Å². The van der Waals surface area contributed by atoms with Crippen LogP contribution in [-0.4, -0.2) is 22.3 Å². The Hall–Kier alpha value is -3.12. The third-order valence-electron chi connectivity index (χ3n) is 4.26. The number of ether oxygens (including phenoxy) is 1. The number of aromatic nitrogens is 2. The maximum atomic E-state index is 12.1. The van der Waals surface area contributed by atoms with E-state index in [1.54, 1.807) is 18.2 Å². The summed E-state index contributed by atoms with van der Waals surface area (Å²) >= 11 is 5.94. The van der Waals surface area contributed by atoms with E-state index >= 15 is 0 Å². The number of benzene rings is 2. The first-order chi connectivity index (χ1) is 14.0. The summed E-state index contributed by atoms with van der Waals surface area (Å²) < 4.78 is 6.75. The minimum absolute atomic E-state index is 0.153. The van der Waals surface area contributed by atoms with E-state index in [2.05, 4.69) is 10.4 Å². The fourth-order valence-corrected chi connectivity index (χ4v) is 3.01. The van der Waals surface area contributed by atoms with Crippen molar-refractivity contribution < 1.29 is 9.53 Å². The van der Waals surface area contributed by atoms with Gasteiger partial charge in [-0.2, -0.15) is 5.10 Å². The van der Waals surface area contributed by atoms with Crippen LogP contribution in [0.1, 0.15) is 18.9 Å². The van der Waals surface area contributed by atoms with Gasteiger partial charge < -0.3 is 10.1 Å². The van der Waals surface area contributed by atoms with E-state index in [0.717, 1.165) is 16.9 Å². The topological polar surface area (TPSA) is 73.2 Å². The Morgan fingerprint density at radius 2 is 1.93 bits per heavy atom. The molecule has 1 N–H and O–H groups in total. The van der Waals surface area contributed by atoms with Gasteiger partial charge in [-0.3, -0.25) is 9.59 Å². The number of amides is 1. The number of hydrogen-bond acceptors (Lipinski definition) is 4. The summed E-state index contributed by atoms with van der Waals surface area (Å²) in [5.41, 5.74) is 2.19. The molecule has 0 spiro atoms. The van der Waals surface area contributed by atoms with Gasteiger partial charge in [0.15, 0.2) is 0 Å². The van der Waals surface area contributed by atoms with Crippen molar-refractivity contribution >= 4 is 17.5 Å². The zero-order valence-corrected chi connectivity index (χ0v) is 16.9. The van der Waals surface area contributed by atoms with Gasteiger partial charge >= 0.3 is 0 Å². The quantitative estimate of drug-likeness (QED) is 0.613. The molecule has 1 amide bonds. The molecule has 0 aliphatic rings. The predicted molar refractivity (Wildman–Crippen MR) is 113 cm³/mol. The van der Waals surface area contributed by atoms with Crippen LogP contribution in [-0.2, 0) is 17.9 Å². The average Bonchev–Trinajstić information content (AvgIpc) is 2.72. The summed E-state index contributed by atoms with van der Waals surface area (Å²) in [5.74, 6) is 0.617. The molecular formula is C22H22ClN3O3. The van der Waals surface area contributed by atoms with Gasteiger partial charge in [-0.25, -0.2) is 4.68 Å². The number of hydrogen-bond donors (Lipinski definition) is 1. The lowest BCUT2D eigenvalue weighted by Gasteiger charge is -2.09. The lowest BCUT2D eigenvalue weighted by molar-refractivity contribution is -0.121. The maximum absolute atomic E-state index is 12.1. The molecule has 0 saturated carbocycles. The predicted octanol–water partition coefficient (Wildman–Crippen LogP) is 3.67. The van der Waals surface area contributed by atoms with Gasteiger partial charge in [0.1, 0.15) is 5.75 Å². The standard InChI is InChI=1S/C22H22ClN3O3/c1-2-29-19-8-6-17(7-9-19)20-10-11-22(28)26(25-20)13-12-21(27)24-15-16-4-3-5-18(23)14-16/h3-11,14H,2,12-13,15H2,1H3,(H,24,27). The molecule has 0 atom stereocenters. The summed E-state index contributed by atoms with van der Waals surface area (Å²) in [6.07, 6.45) is 0.153. The highest BCUT2D eigenvalue weighted by molar-refractivity contribution is 6.30. The van der Waals surface area contributed by atoms with Gasteiger partial charge in [0.05, 0.1) is 18.8 Å². The maximum Gasteiger partial charge on any atom is 0.266 e. The average molecular weight is 412 g/mol. The van der Waals surface area contributed by atoms with Gasteiger partial charge in [0.2, 0.25) is 5.91 Å². The van der Waals surface area contributed by atoms with E-state index in [1.165, 1.54) is 10.7 Å². The number of carbonyl (C=O) groups excluding carboxylic acids is 1. The van der Waals surface area contributed by atoms with Crippen molar-refractivity contribution in [3.8, 4) is 17.0 Å². The smallest absolute Gasteiger partial charge is 0.266 e. The van der Waals surface area contributed by atoms with Gasteiger partial charge in [0.25, 0.3) is 5.56 Å². The number of halogens is 1. The first-order valence-electron chi connectivity index (χ1n) is 9.37. The Kier molecular flexibility index (Phi) is 7.03. The van der Waals surface area contributed by atoms with Crippen LogP contribution in [0, 0.1) is 0 Å². The Morgan fingerprint density at radius 3 is 2.66 bits per heavy atom. The second-order valence-electron chi connectivity index (χ2n) is 6.39. The van der Waals surface area contributed by atoms with Crippen LogP contribution in [0.4, 0.5) is 0 Å². The number of nitrogens with zero attached hydrogens (tertiary/aromatic N) is 2. The van der Waals surface area contributed by atoms with E-state index in [4.69, 9.17) is 16.3 Å². The van der Waals surface area contributed by atoms with Crippen molar-refractivity contribution in [3.05, 3.63) is 81.6 Å². The van der Waals surface area contributed by atoms with Gasteiger partial charge in [-0.1, -0.05) is 23.7 Å². The highest BCUT2D eigenvalue weighted by Crippen LogP contribution is 2.19. The minimum Gasteiger partial charge on any atom is -0.494 e. The molecule has 3 rings (SSSR count). The van der Waals surface area contributed by atoms with Gasteiger partial charge in [-0.05, 0) is 55.0 Å². The van der Waals surface area contributed by atoms with Crippen molar-refractivity contribution in [1.29, 1.82) is 0 Å². The molecule has 0 bridgehead atoms. The molecule has 6 nitrogen and oxygen atoms in total. The second kappa shape index (κ2) is 9.89. The zero-order chi connectivity index (χ0) is 20.6. The van der Waals surface area contributed by atoms with Gasteiger partial charge in [0, 0.05) is 29.6 Å². The number of nitrogens with one attached hydrogen (secondary N) is 1. The molecule has 7 heteroatoms. The van der Waals surface area contributed by atoms with E-state index in [0.29, 0.717) is 23.9 Å². The zero-order valence-electron chi connectivity index (χ0n) is 16.1. The first kappa shape index (κ1) is 20.6. The fourth-order valence-electron chi connectivity index (χ4n) is 2.80. The van der Waals surface area contributed by atoms with Crippen LogP contribution in [0.25, 0.3) is 11.3 Å². The molecule has 0 fully saturated rings. The van der Waals surface area contributed by atoms with Gasteiger partial charge in [-0.15, -0.1) is 0 Å². The van der Waals surface area contributed by atoms with E-state index in [1.807, 2.05) is 43.3 Å². The number of rotatable bonds is 8. The Labute approximate surface area is 174 Å². The largest absolute Gasteiger partial charge is 0.494 e. The Bertz CT molecular complexity index is 1030. The summed E-state index contributed by atoms with van der Waals surface area (Å²) in [6.45, 7) is 3.11. The molecule has 3 aromatic rings. The Balaban J connectivity index is 1.61. The molecule has 150 valence electrons. The van der Waals surface area contributed by atoms with Crippen LogP contribution < -0.4 is 15.6 Å². The van der Waals surface area contributed by atoms with E-state index in [-0.39, 0.29) is 24.4 Å². The van der Waals surface area contributed by atoms with Crippen molar-refractivity contribution in [2.24, 2.45) is 0 Å². The van der Waals surface area contributed by atoms with Crippen molar-refractivity contribution in [2.45, 2.75) is 26.4 Å². The van der Waals surface area contributed by atoms with E-state index in [9.17, 15) is 9.59 Å². The molecule has 0 aliphatic carbocycles. The van der Waals surface area contributed by atoms with E-state index < -0.39 is 0 Å². The molecule has 0 saturated heterocycles. The van der Waals surface area contributed by atoms with Crippen LogP contribution in [0.5, 0.6) is 5.75 Å². The fraction of sp³-hybridized carbons (Fsp3) is 0.227. The summed E-state index contributed by atoms with van der Waals surface area (Å²) in [4.78, 5) is 24.2. The molecule has 1 heterocycles. The monoisotopic (exact) mass is 411 g/mol. The molecular weight excluding hydrogens is 390 g/mol. The molecule has 29 heavy (non-hydrogen) atoms. The second-order valence-corrected chi connectivity index (χ2v) is 6.83. The van der Waals surface area contributed by atoms with Crippen molar-refractivity contribution in [1.82, 2.24) is 15.1 Å². The third kappa shape index (κ3) is 5.93. The number of carbonyl (C=O) groups is 1. The third-order valence-corrected chi connectivity index (χ3v) is 4.49. The lowest BCUT2D eigenvalue weighted by atomic mass is 10.1. The van der Waals surface area contributed by atoms with Crippen LogP contribution in [0.2, 0.25) is 5.02 Å². The van der Waals surface area contributed by atoms with Crippen molar-refractivity contribution in [3.63, 3.8) is 0 Å². The highest BCUT2D eigenvalue weighted by atomic mass is 35.5. The Morgan fingerprint density at radius 1 is 1.14 bits per heavy atom. The van der Waals surface area contributed by atoms with Crippen LogP contribution in [0.3, 0.4) is 0 Å². The van der Waals surface area contributed by atoms with Crippen LogP contribution >= 0.6 is 11.6 Å². The molecule has 0 unspecified atom stereocenters.